The Morgan fingerprint density at radius 3 is 2.29 bits per heavy atom. The summed E-state index contributed by atoms with van der Waals surface area (Å²) >= 11 is 0. The Balaban J connectivity index is 0.00000200. The summed E-state index contributed by atoms with van der Waals surface area (Å²) in [6.07, 6.45) is 4.99. The van der Waals surface area contributed by atoms with Crippen molar-refractivity contribution in [2.45, 2.75) is 38.6 Å². The number of halogens is 2. The number of hydrogen-bond donors (Lipinski definition) is 1. The third-order valence-electron chi connectivity index (χ3n) is 3.61. The normalized spacial score (nSPS) is 16.5. The van der Waals surface area contributed by atoms with E-state index in [-0.39, 0.29) is 30.9 Å². The SMILES string of the molecule is CC(N)Cc1ccc(OCCN2CCCCC2)cc1.Cl.Cl. The molecule has 1 saturated heterocycles. The quantitative estimate of drug-likeness (QED) is 0.867. The zero-order valence-electron chi connectivity index (χ0n) is 12.8. The summed E-state index contributed by atoms with van der Waals surface area (Å²) in [6, 6.07) is 8.53. The van der Waals surface area contributed by atoms with Crippen molar-refractivity contribution < 1.29 is 4.74 Å². The highest BCUT2D eigenvalue weighted by molar-refractivity contribution is 5.85. The average Bonchev–Trinajstić information content (AvgIpc) is 2.41. The summed E-state index contributed by atoms with van der Waals surface area (Å²) in [5.41, 5.74) is 7.06. The fraction of sp³-hybridized carbons (Fsp3) is 0.625. The number of nitrogens with zero attached hydrogens (tertiary/aromatic N) is 1. The van der Waals surface area contributed by atoms with Crippen molar-refractivity contribution in [3.8, 4) is 5.75 Å². The van der Waals surface area contributed by atoms with Crippen LogP contribution in [-0.4, -0.2) is 37.2 Å². The van der Waals surface area contributed by atoms with Crippen LogP contribution in [0.25, 0.3) is 0 Å². The lowest BCUT2D eigenvalue weighted by atomic mass is 10.1. The molecule has 0 aliphatic carbocycles. The lowest BCUT2D eigenvalue weighted by Crippen LogP contribution is -2.33. The van der Waals surface area contributed by atoms with Crippen LogP contribution < -0.4 is 10.5 Å². The maximum atomic E-state index is 5.80. The maximum Gasteiger partial charge on any atom is 0.119 e. The monoisotopic (exact) mass is 334 g/mol. The molecule has 0 bridgehead atoms. The zero-order valence-corrected chi connectivity index (χ0v) is 14.4. The summed E-state index contributed by atoms with van der Waals surface area (Å²) in [7, 11) is 0. The second-order valence-electron chi connectivity index (χ2n) is 5.58. The number of likely N-dealkylation sites (tertiary alicyclic amines) is 1. The molecular weight excluding hydrogens is 307 g/mol. The predicted molar refractivity (Wildman–Crippen MR) is 94.1 cm³/mol. The van der Waals surface area contributed by atoms with Crippen LogP contribution in [0.3, 0.4) is 0 Å². The van der Waals surface area contributed by atoms with E-state index in [1.807, 2.05) is 19.1 Å². The van der Waals surface area contributed by atoms with Crippen molar-refractivity contribution in [2.24, 2.45) is 5.73 Å². The first kappa shape index (κ1) is 20.5. The second-order valence-corrected chi connectivity index (χ2v) is 5.58. The van der Waals surface area contributed by atoms with E-state index in [4.69, 9.17) is 10.5 Å². The van der Waals surface area contributed by atoms with Gasteiger partial charge in [-0.05, 0) is 57.0 Å². The average molecular weight is 335 g/mol. The summed E-state index contributed by atoms with van der Waals surface area (Å²) in [4.78, 5) is 2.49. The number of piperidine rings is 1. The van der Waals surface area contributed by atoms with E-state index in [1.165, 1.54) is 37.9 Å². The molecule has 0 aromatic heterocycles. The van der Waals surface area contributed by atoms with E-state index < -0.39 is 0 Å². The van der Waals surface area contributed by atoms with E-state index in [9.17, 15) is 0 Å². The molecule has 5 heteroatoms. The molecule has 1 aliphatic heterocycles. The van der Waals surface area contributed by atoms with Crippen molar-refractivity contribution in [1.29, 1.82) is 0 Å². The minimum Gasteiger partial charge on any atom is -0.492 e. The number of rotatable bonds is 6. The van der Waals surface area contributed by atoms with Crippen molar-refractivity contribution in [1.82, 2.24) is 4.90 Å². The predicted octanol–water partition coefficient (Wildman–Crippen LogP) is 3.28. The van der Waals surface area contributed by atoms with Crippen LogP contribution in [0.2, 0.25) is 0 Å². The van der Waals surface area contributed by atoms with E-state index in [1.54, 1.807) is 0 Å². The minimum absolute atomic E-state index is 0. The van der Waals surface area contributed by atoms with Gasteiger partial charge in [0.2, 0.25) is 0 Å². The van der Waals surface area contributed by atoms with Crippen LogP contribution in [-0.2, 0) is 6.42 Å². The summed E-state index contributed by atoms with van der Waals surface area (Å²) < 4.78 is 5.80. The largest absolute Gasteiger partial charge is 0.492 e. The van der Waals surface area contributed by atoms with Gasteiger partial charge in [-0.25, -0.2) is 0 Å². The van der Waals surface area contributed by atoms with Gasteiger partial charge in [0, 0.05) is 12.6 Å². The van der Waals surface area contributed by atoms with Gasteiger partial charge in [0.1, 0.15) is 12.4 Å². The Morgan fingerprint density at radius 1 is 1.10 bits per heavy atom. The second kappa shape index (κ2) is 11.1. The first-order valence-corrected chi connectivity index (χ1v) is 7.44. The molecule has 3 nitrogen and oxygen atoms in total. The smallest absolute Gasteiger partial charge is 0.119 e. The topological polar surface area (TPSA) is 38.5 Å². The van der Waals surface area contributed by atoms with Crippen LogP contribution in [0, 0.1) is 0 Å². The number of nitrogens with two attached hydrogens (primary N) is 1. The molecule has 1 aromatic rings. The zero-order chi connectivity index (χ0) is 13.5. The fourth-order valence-corrected chi connectivity index (χ4v) is 2.57. The Hall–Kier alpha value is -0.480. The van der Waals surface area contributed by atoms with Gasteiger partial charge in [-0.1, -0.05) is 18.6 Å². The molecule has 1 heterocycles. The first-order chi connectivity index (χ1) is 9.24. The maximum absolute atomic E-state index is 5.80. The van der Waals surface area contributed by atoms with Crippen LogP contribution in [0.1, 0.15) is 31.7 Å². The van der Waals surface area contributed by atoms with Crippen molar-refractivity contribution in [2.75, 3.05) is 26.2 Å². The van der Waals surface area contributed by atoms with Gasteiger partial charge in [0.05, 0.1) is 0 Å². The third kappa shape index (κ3) is 7.91. The molecule has 0 saturated carbocycles. The summed E-state index contributed by atoms with van der Waals surface area (Å²) in [5.74, 6) is 0.963. The standard InChI is InChI=1S/C16H26N2O.2ClH/c1-14(17)13-15-5-7-16(8-6-15)19-12-11-18-9-3-2-4-10-18;;/h5-8,14H,2-4,9-13,17H2,1H3;2*1H. The van der Waals surface area contributed by atoms with E-state index in [0.717, 1.165) is 25.3 Å². The van der Waals surface area contributed by atoms with Crippen LogP contribution in [0.15, 0.2) is 24.3 Å². The Labute approximate surface area is 141 Å². The minimum atomic E-state index is 0. The summed E-state index contributed by atoms with van der Waals surface area (Å²) in [6.45, 7) is 6.32. The Kier molecular flexibility index (Phi) is 10.9. The van der Waals surface area contributed by atoms with Gasteiger partial charge < -0.3 is 10.5 Å². The summed E-state index contributed by atoms with van der Waals surface area (Å²) in [5, 5.41) is 0. The highest BCUT2D eigenvalue weighted by Crippen LogP contribution is 2.14. The molecule has 1 aliphatic rings. The lowest BCUT2D eigenvalue weighted by Gasteiger charge is -2.26. The molecule has 21 heavy (non-hydrogen) atoms. The van der Waals surface area contributed by atoms with Gasteiger partial charge in [0.15, 0.2) is 0 Å². The highest BCUT2D eigenvalue weighted by Gasteiger charge is 2.09. The van der Waals surface area contributed by atoms with Gasteiger partial charge >= 0.3 is 0 Å². The van der Waals surface area contributed by atoms with E-state index in [2.05, 4.69) is 17.0 Å². The molecule has 0 amide bonds. The molecule has 0 radical (unpaired) electrons. The van der Waals surface area contributed by atoms with Crippen LogP contribution in [0.4, 0.5) is 0 Å². The van der Waals surface area contributed by atoms with E-state index in [0.29, 0.717) is 0 Å². The molecule has 1 aromatic carbocycles. The van der Waals surface area contributed by atoms with Gasteiger partial charge in [-0.15, -0.1) is 24.8 Å². The van der Waals surface area contributed by atoms with Gasteiger partial charge in [-0.2, -0.15) is 0 Å². The molecule has 1 unspecified atom stereocenters. The third-order valence-corrected chi connectivity index (χ3v) is 3.61. The van der Waals surface area contributed by atoms with Gasteiger partial charge in [0.25, 0.3) is 0 Å². The number of hydrogen-bond acceptors (Lipinski definition) is 3. The van der Waals surface area contributed by atoms with Crippen LogP contribution in [0.5, 0.6) is 5.75 Å². The van der Waals surface area contributed by atoms with Crippen molar-refractivity contribution in [3.63, 3.8) is 0 Å². The molecule has 1 fully saturated rings. The van der Waals surface area contributed by atoms with E-state index >= 15 is 0 Å². The number of benzene rings is 1. The van der Waals surface area contributed by atoms with Gasteiger partial charge in [-0.3, -0.25) is 4.90 Å². The molecule has 0 spiro atoms. The fourth-order valence-electron chi connectivity index (χ4n) is 2.57. The first-order valence-electron chi connectivity index (χ1n) is 7.44. The molecule has 2 rings (SSSR count). The lowest BCUT2D eigenvalue weighted by molar-refractivity contribution is 0.183. The molecule has 1 atom stereocenters. The van der Waals surface area contributed by atoms with Crippen molar-refractivity contribution >= 4 is 24.8 Å². The van der Waals surface area contributed by atoms with Crippen LogP contribution >= 0.6 is 24.8 Å². The highest BCUT2D eigenvalue weighted by atomic mass is 35.5. The Morgan fingerprint density at radius 2 is 1.71 bits per heavy atom. The molecular formula is C16H28Cl2N2O. The molecule has 122 valence electrons. The van der Waals surface area contributed by atoms with Crippen molar-refractivity contribution in [3.05, 3.63) is 29.8 Å². The number of ether oxygens (including phenoxy) is 1. The Bertz CT molecular complexity index is 365. The molecule has 2 N–H and O–H groups in total.